The van der Waals surface area contributed by atoms with Crippen LogP contribution in [0.5, 0.6) is 0 Å². The van der Waals surface area contributed by atoms with Gasteiger partial charge in [-0.05, 0) is 12.0 Å². The third-order valence-corrected chi connectivity index (χ3v) is 3.52. The van der Waals surface area contributed by atoms with E-state index in [-0.39, 0.29) is 30.3 Å². The average molecular weight is 305 g/mol. The van der Waals surface area contributed by atoms with Crippen LogP contribution in [0.15, 0.2) is 30.3 Å². The Morgan fingerprint density at radius 3 is 2.41 bits per heavy atom. The Hall–Kier alpha value is -1.88. The van der Waals surface area contributed by atoms with Crippen molar-refractivity contribution in [2.45, 2.75) is 51.6 Å². The number of rotatable bonds is 9. The second-order valence-electron chi connectivity index (χ2n) is 5.51. The maximum atomic E-state index is 12.2. The summed E-state index contributed by atoms with van der Waals surface area (Å²) in [5.74, 6) is -0.239. The van der Waals surface area contributed by atoms with Crippen LogP contribution in [0.4, 0.5) is 0 Å². The van der Waals surface area contributed by atoms with Crippen molar-refractivity contribution < 1.29 is 9.59 Å². The van der Waals surface area contributed by atoms with E-state index in [1.54, 1.807) is 0 Å². The third-order valence-electron chi connectivity index (χ3n) is 3.52. The molecule has 0 aliphatic rings. The van der Waals surface area contributed by atoms with E-state index in [2.05, 4.69) is 17.6 Å². The highest BCUT2D eigenvalue weighted by atomic mass is 16.2. The SMILES string of the molecule is CCCCC(CN)NC(=O)CC(NC(C)=O)c1ccccc1. The van der Waals surface area contributed by atoms with Crippen LogP contribution in [0.25, 0.3) is 0 Å². The standard InChI is InChI=1S/C17H27N3O2/c1-3-4-10-15(12-18)20-17(22)11-16(19-13(2)21)14-8-6-5-7-9-14/h5-9,15-16H,3-4,10-12,18H2,1-2H3,(H,19,21)(H,20,22). The number of nitrogens with one attached hydrogen (secondary N) is 2. The molecule has 0 saturated carbocycles. The molecular weight excluding hydrogens is 278 g/mol. The van der Waals surface area contributed by atoms with Crippen LogP contribution < -0.4 is 16.4 Å². The van der Waals surface area contributed by atoms with Gasteiger partial charge in [-0.2, -0.15) is 0 Å². The first kappa shape index (κ1) is 18.2. The van der Waals surface area contributed by atoms with Crippen molar-refractivity contribution in [1.82, 2.24) is 10.6 Å². The van der Waals surface area contributed by atoms with E-state index in [4.69, 9.17) is 5.73 Å². The lowest BCUT2D eigenvalue weighted by Gasteiger charge is -2.21. The van der Waals surface area contributed by atoms with Crippen molar-refractivity contribution in [2.75, 3.05) is 6.54 Å². The first-order valence-corrected chi connectivity index (χ1v) is 7.88. The maximum absolute atomic E-state index is 12.2. The van der Waals surface area contributed by atoms with Crippen LogP contribution in [-0.2, 0) is 9.59 Å². The third kappa shape index (κ3) is 6.72. The quantitative estimate of drug-likeness (QED) is 0.651. The van der Waals surface area contributed by atoms with Crippen LogP contribution in [0.2, 0.25) is 0 Å². The van der Waals surface area contributed by atoms with Gasteiger partial charge in [-0.3, -0.25) is 9.59 Å². The molecule has 5 heteroatoms. The van der Waals surface area contributed by atoms with Gasteiger partial charge in [-0.1, -0.05) is 50.1 Å². The largest absolute Gasteiger partial charge is 0.352 e. The van der Waals surface area contributed by atoms with Gasteiger partial charge in [0.1, 0.15) is 0 Å². The predicted octanol–water partition coefficient (Wildman–Crippen LogP) is 1.89. The van der Waals surface area contributed by atoms with Crippen LogP contribution in [-0.4, -0.2) is 24.4 Å². The lowest BCUT2D eigenvalue weighted by atomic mass is 10.0. The number of unbranched alkanes of at least 4 members (excludes halogenated alkanes) is 1. The number of benzene rings is 1. The van der Waals surface area contributed by atoms with E-state index >= 15 is 0 Å². The fourth-order valence-corrected chi connectivity index (χ4v) is 2.35. The molecule has 1 aromatic rings. The van der Waals surface area contributed by atoms with Gasteiger partial charge in [0.05, 0.1) is 12.5 Å². The minimum absolute atomic E-state index is 0.00111. The smallest absolute Gasteiger partial charge is 0.222 e. The van der Waals surface area contributed by atoms with E-state index in [9.17, 15) is 9.59 Å². The number of amides is 2. The number of hydrogen-bond acceptors (Lipinski definition) is 3. The highest BCUT2D eigenvalue weighted by Crippen LogP contribution is 2.16. The molecule has 4 N–H and O–H groups in total. The Morgan fingerprint density at radius 2 is 1.86 bits per heavy atom. The zero-order valence-corrected chi connectivity index (χ0v) is 13.5. The molecule has 0 spiro atoms. The molecule has 2 atom stereocenters. The number of carbonyl (C=O) groups excluding carboxylic acids is 2. The van der Waals surface area contributed by atoms with Crippen molar-refractivity contribution in [3.8, 4) is 0 Å². The molecule has 0 aromatic heterocycles. The van der Waals surface area contributed by atoms with E-state index < -0.39 is 0 Å². The number of hydrogen-bond donors (Lipinski definition) is 3. The number of nitrogens with two attached hydrogens (primary N) is 1. The molecule has 0 fully saturated rings. The number of carbonyl (C=O) groups is 2. The van der Waals surface area contributed by atoms with Gasteiger partial charge in [0, 0.05) is 19.5 Å². The highest BCUT2D eigenvalue weighted by molar-refractivity contribution is 5.79. The lowest BCUT2D eigenvalue weighted by Crippen LogP contribution is -2.42. The Kier molecular flexibility index (Phi) is 8.22. The molecule has 5 nitrogen and oxygen atoms in total. The summed E-state index contributed by atoms with van der Waals surface area (Å²) in [5.41, 5.74) is 6.62. The normalized spacial score (nSPS) is 13.2. The molecule has 1 rings (SSSR count). The van der Waals surface area contributed by atoms with Gasteiger partial charge in [0.2, 0.25) is 11.8 Å². The van der Waals surface area contributed by atoms with E-state index in [0.29, 0.717) is 6.54 Å². The van der Waals surface area contributed by atoms with Crippen molar-refractivity contribution in [2.24, 2.45) is 5.73 Å². The zero-order valence-electron chi connectivity index (χ0n) is 13.5. The second kappa shape index (κ2) is 9.95. The highest BCUT2D eigenvalue weighted by Gasteiger charge is 2.18. The summed E-state index contributed by atoms with van der Waals surface area (Å²) in [4.78, 5) is 23.6. The Morgan fingerprint density at radius 1 is 1.18 bits per heavy atom. The van der Waals surface area contributed by atoms with Crippen LogP contribution in [0.1, 0.15) is 51.1 Å². The van der Waals surface area contributed by atoms with Crippen LogP contribution in [0.3, 0.4) is 0 Å². The molecule has 0 saturated heterocycles. The summed E-state index contributed by atoms with van der Waals surface area (Å²) >= 11 is 0. The van der Waals surface area contributed by atoms with Crippen molar-refractivity contribution in [3.05, 3.63) is 35.9 Å². The lowest BCUT2D eigenvalue weighted by molar-refractivity contribution is -0.123. The fourth-order valence-electron chi connectivity index (χ4n) is 2.35. The second-order valence-corrected chi connectivity index (χ2v) is 5.51. The Labute approximate surface area is 132 Å². The fraction of sp³-hybridized carbons (Fsp3) is 0.529. The first-order chi connectivity index (χ1) is 10.6. The van der Waals surface area contributed by atoms with E-state index in [1.165, 1.54) is 6.92 Å². The van der Waals surface area contributed by atoms with Crippen molar-refractivity contribution >= 4 is 11.8 Å². The molecule has 122 valence electrons. The molecule has 22 heavy (non-hydrogen) atoms. The summed E-state index contributed by atoms with van der Waals surface area (Å²) < 4.78 is 0. The minimum Gasteiger partial charge on any atom is -0.352 e. The van der Waals surface area contributed by atoms with Crippen molar-refractivity contribution in [1.29, 1.82) is 0 Å². The molecule has 2 amide bonds. The predicted molar refractivity (Wildman–Crippen MR) is 88.1 cm³/mol. The van der Waals surface area contributed by atoms with Gasteiger partial charge in [-0.15, -0.1) is 0 Å². The van der Waals surface area contributed by atoms with Crippen molar-refractivity contribution in [3.63, 3.8) is 0 Å². The summed E-state index contributed by atoms with van der Waals surface area (Å²) in [7, 11) is 0. The first-order valence-electron chi connectivity index (χ1n) is 7.88. The summed E-state index contributed by atoms with van der Waals surface area (Å²) in [6.07, 6.45) is 3.21. The minimum atomic E-state index is -0.316. The molecular formula is C17H27N3O2. The van der Waals surface area contributed by atoms with E-state index in [1.807, 2.05) is 30.3 Å². The molecule has 0 aliphatic carbocycles. The Bertz CT molecular complexity index is 462. The topological polar surface area (TPSA) is 84.2 Å². The molecule has 2 unspecified atom stereocenters. The zero-order chi connectivity index (χ0) is 16.4. The van der Waals surface area contributed by atoms with Crippen LogP contribution in [0, 0.1) is 0 Å². The summed E-state index contributed by atoms with van der Waals surface area (Å²) in [6.45, 7) is 4.00. The maximum Gasteiger partial charge on any atom is 0.222 e. The van der Waals surface area contributed by atoms with Gasteiger partial charge in [0.25, 0.3) is 0 Å². The average Bonchev–Trinajstić information content (AvgIpc) is 2.51. The van der Waals surface area contributed by atoms with Gasteiger partial charge in [0.15, 0.2) is 0 Å². The molecule has 0 heterocycles. The van der Waals surface area contributed by atoms with E-state index in [0.717, 1.165) is 24.8 Å². The molecule has 1 aromatic carbocycles. The Balaban J connectivity index is 2.65. The van der Waals surface area contributed by atoms with Gasteiger partial charge >= 0.3 is 0 Å². The summed E-state index contributed by atoms with van der Waals surface area (Å²) in [5, 5.41) is 5.79. The molecule has 0 aliphatic heterocycles. The molecule has 0 radical (unpaired) electrons. The molecule has 0 bridgehead atoms. The van der Waals surface area contributed by atoms with Gasteiger partial charge < -0.3 is 16.4 Å². The van der Waals surface area contributed by atoms with Crippen LogP contribution >= 0.6 is 0 Å². The van der Waals surface area contributed by atoms with Gasteiger partial charge in [-0.25, -0.2) is 0 Å². The summed E-state index contributed by atoms with van der Waals surface area (Å²) in [6, 6.07) is 9.20. The monoisotopic (exact) mass is 305 g/mol.